The molecule has 2 aromatic rings. The molecule has 3 rings (SSSR count). The Labute approximate surface area is 114 Å². The van der Waals surface area contributed by atoms with Crippen LogP contribution in [-0.4, -0.2) is 38.2 Å². The van der Waals surface area contributed by atoms with Crippen LogP contribution in [0.4, 0.5) is 5.95 Å². The van der Waals surface area contributed by atoms with Gasteiger partial charge in [-0.1, -0.05) is 0 Å². The first-order valence-corrected chi connectivity index (χ1v) is 6.67. The first kappa shape index (κ1) is 12.9. The number of fused-ring (bicyclic) bond motifs is 1. The number of aromatic nitrogens is 4. The van der Waals surface area contributed by atoms with E-state index in [1.54, 1.807) is 7.05 Å². The van der Waals surface area contributed by atoms with Gasteiger partial charge in [0.1, 0.15) is 0 Å². The monoisotopic (exact) mass is 278 g/mol. The highest BCUT2D eigenvalue weighted by atomic mass is 16.2. The molecule has 0 amide bonds. The van der Waals surface area contributed by atoms with Gasteiger partial charge in [0.05, 0.1) is 0 Å². The standard InChI is InChI=1S/C12H18N6O2/c1-16-9-8(10(19)17(2)12(16)20)14-11(15-9)18(6-5-13)7-3-4-7/h7H,3-6,13H2,1-2H3,(H,14,15). The predicted molar refractivity (Wildman–Crippen MR) is 76.0 cm³/mol. The van der Waals surface area contributed by atoms with Crippen LogP contribution in [0.5, 0.6) is 0 Å². The van der Waals surface area contributed by atoms with Gasteiger partial charge in [0.15, 0.2) is 11.2 Å². The minimum atomic E-state index is -0.377. The summed E-state index contributed by atoms with van der Waals surface area (Å²) in [6.07, 6.45) is 2.21. The number of rotatable bonds is 4. The second-order valence-electron chi connectivity index (χ2n) is 5.18. The molecule has 1 aliphatic carbocycles. The minimum Gasteiger partial charge on any atom is -0.338 e. The number of aromatic amines is 1. The smallest absolute Gasteiger partial charge is 0.332 e. The van der Waals surface area contributed by atoms with Gasteiger partial charge in [0.2, 0.25) is 5.95 Å². The van der Waals surface area contributed by atoms with Crippen molar-refractivity contribution in [1.29, 1.82) is 0 Å². The first-order valence-electron chi connectivity index (χ1n) is 6.67. The van der Waals surface area contributed by atoms with E-state index in [-0.39, 0.29) is 11.2 Å². The fourth-order valence-electron chi connectivity index (χ4n) is 2.44. The van der Waals surface area contributed by atoms with Gasteiger partial charge in [0.25, 0.3) is 5.56 Å². The summed E-state index contributed by atoms with van der Waals surface area (Å²) in [5, 5.41) is 0. The molecule has 1 fully saturated rings. The Kier molecular flexibility index (Phi) is 2.89. The molecule has 0 aliphatic heterocycles. The largest absolute Gasteiger partial charge is 0.338 e. The van der Waals surface area contributed by atoms with E-state index < -0.39 is 0 Å². The number of anilines is 1. The highest BCUT2D eigenvalue weighted by Gasteiger charge is 2.31. The molecular weight excluding hydrogens is 260 g/mol. The molecule has 3 N–H and O–H groups in total. The quantitative estimate of drug-likeness (QED) is 0.738. The Balaban J connectivity index is 2.20. The first-order chi connectivity index (χ1) is 9.54. The summed E-state index contributed by atoms with van der Waals surface area (Å²) in [7, 11) is 3.07. The molecule has 108 valence electrons. The summed E-state index contributed by atoms with van der Waals surface area (Å²) in [6.45, 7) is 1.20. The van der Waals surface area contributed by atoms with Crippen molar-refractivity contribution >= 4 is 17.1 Å². The summed E-state index contributed by atoms with van der Waals surface area (Å²) in [6, 6.07) is 0.431. The zero-order chi connectivity index (χ0) is 14.4. The highest BCUT2D eigenvalue weighted by molar-refractivity contribution is 5.73. The van der Waals surface area contributed by atoms with E-state index in [1.165, 1.54) is 11.6 Å². The van der Waals surface area contributed by atoms with E-state index >= 15 is 0 Å². The molecule has 2 aromatic heterocycles. The van der Waals surface area contributed by atoms with Crippen LogP contribution in [0.1, 0.15) is 12.8 Å². The number of imidazole rings is 1. The maximum atomic E-state index is 12.1. The lowest BCUT2D eigenvalue weighted by Crippen LogP contribution is -2.36. The fraction of sp³-hybridized carbons (Fsp3) is 0.583. The molecule has 1 saturated carbocycles. The zero-order valence-electron chi connectivity index (χ0n) is 11.6. The third-order valence-corrected chi connectivity index (χ3v) is 3.71. The Morgan fingerprint density at radius 3 is 2.65 bits per heavy atom. The molecule has 0 spiro atoms. The summed E-state index contributed by atoms with van der Waals surface area (Å²) >= 11 is 0. The molecule has 8 heteroatoms. The Bertz CT molecular complexity index is 767. The predicted octanol–water partition coefficient (Wildman–Crippen LogP) is -1.11. The average molecular weight is 278 g/mol. The third kappa shape index (κ3) is 1.83. The lowest BCUT2D eigenvalue weighted by atomic mass is 10.5. The SMILES string of the molecule is Cn1c(=O)c2[nH]c(N(CCN)C3CC3)nc2n(C)c1=O. The van der Waals surface area contributed by atoms with Gasteiger partial charge in [-0.3, -0.25) is 13.9 Å². The summed E-state index contributed by atoms with van der Waals surface area (Å²) in [5.74, 6) is 0.617. The van der Waals surface area contributed by atoms with Crippen molar-refractivity contribution in [2.24, 2.45) is 19.8 Å². The molecule has 8 nitrogen and oxygen atoms in total. The molecule has 0 aromatic carbocycles. The van der Waals surface area contributed by atoms with Gasteiger partial charge in [-0.05, 0) is 12.8 Å². The summed E-state index contributed by atoms with van der Waals surface area (Å²) < 4.78 is 2.46. The zero-order valence-corrected chi connectivity index (χ0v) is 11.6. The van der Waals surface area contributed by atoms with Crippen LogP contribution < -0.4 is 21.9 Å². The van der Waals surface area contributed by atoms with Crippen molar-refractivity contribution in [3.63, 3.8) is 0 Å². The van der Waals surface area contributed by atoms with Crippen LogP contribution in [-0.2, 0) is 14.1 Å². The van der Waals surface area contributed by atoms with Crippen LogP contribution >= 0.6 is 0 Å². The normalized spacial score (nSPS) is 14.9. The average Bonchev–Trinajstić information content (AvgIpc) is 3.18. The Morgan fingerprint density at radius 2 is 2.05 bits per heavy atom. The van der Waals surface area contributed by atoms with Crippen LogP contribution in [0.3, 0.4) is 0 Å². The van der Waals surface area contributed by atoms with Crippen molar-refractivity contribution in [1.82, 2.24) is 19.1 Å². The van der Waals surface area contributed by atoms with Crippen LogP contribution in [0.25, 0.3) is 11.2 Å². The van der Waals surface area contributed by atoms with Crippen molar-refractivity contribution in [2.75, 3.05) is 18.0 Å². The Hall–Kier alpha value is -2.09. The number of nitrogens with two attached hydrogens (primary N) is 1. The lowest BCUT2D eigenvalue weighted by molar-refractivity contribution is 0.708. The van der Waals surface area contributed by atoms with Crippen molar-refractivity contribution in [3.05, 3.63) is 20.8 Å². The van der Waals surface area contributed by atoms with E-state index in [4.69, 9.17) is 5.73 Å². The second-order valence-corrected chi connectivity index (χ2v) is 5.18. The van der Waals surface area contributed by atoms with Gasteiger partial charge in [-0.2, -0.15) is 4.98 Å². The number of H-pyrrole nitrogens is 1. The van der Waals surface area contributed by atoms with Gasteiger partial charge >= 0.3 is 5.69 Å². The molecular formula is C12H18N6O2. The number of hydrogen-bond donors (Lipinski definition) is 2. The fourth-order valence-corrected chi connectivity index (χ4v) is 2.44. The van der Waals surface area contributed by atoms with E-state index in [1.807, 2.05) is 0 Å². The molecule has 0 atom stereocenters. The molecule has 2 heterocycles. The minimum absolute atomic E-state index is 0.354. The van der Waals surface area contributed by atoms with Crippen molar-refractivity contribution < 1.29 is 0 Å². The highest BCUT2D eigenvalue weighted by Crippen LogP contribution is 2.30. The summed E-state index contributed by atoms with van der Waals surface area (Å²) in [5.41, 5.74) is 5.64. The van der Waals surface area contributed by atoms with Crippen molar-refractivity contribution in [3.8, 4) is 0 Å². The molecule has 0 radical (unpaired) electrons. The Morgan fingerprint density at radius 1 is 1.35 bits per heavy atom. The van der Waals surface area contributed by atoms with E-state index in [2.05, 4.69) is 14.9 Å². The maximum absolute atomic E-state index is 12.1. The summed E-state index contributed by atoms with van der Waals surface area (Å²) in [4.78, 5) is 33.5. The third-order valence-electron chi connectivity index (χ3n) is 3.71. The van der Waals surface area contributed by atoms with Gasteiger partial charge in [-0.25, -0.2) is 4.79 Å². The topological polar surface area (TPSA) is 102 Å². The number of aryl methyl sites for hydroxylation is 1. The lowest BCUT2D eigenvalue weighted by Gasteiger charge is -2.20. The van der Waals surface area contributed by atoms with Gasteiger partial charge in [-0.15, -0.1) is 0 Å². The van der Waals surface area contributed by atoms with Crippen molar-refractivity contribution in [2.45, 2.75) is 18.9 Å². The molecule has 0 saturated heterocycles. The van der Waals surface area contributed by atoms with E-state index in [9.17, 15) is 9.59 Å². The number of nitrogens with zero attached hydrogens (tertiary/aromatic N) is 4. The number of nitrogens with one attached hydrogen (secondary N) is 1. The van der Waals surface area contributed by atoms with Crippen LogP contribution in [0.15, 0.2) is 9.59 Å². The molecule has 0 unspecified atom stereocenters. The van der Waals surface area contributed by atoms with Crippen LogP contribution in [0.2, 0.25) is 0 Å². The second kappa shape index (κ2) is 4.48. The number of hydrogen-bond acceptors (Lipinski definition) is 5. The maximum Gasteiger partial charge on any atom is 0.332 e. The molecule has 20 heavy (non-hydrogen) atoms. The van der Waals surface area contributed by atoms with Gasteiger partial charge in [0, 0.05) is 33.2 Å². The molecule has 0 bridgehead atoms. The molecule has 1 aliphatic rings. The van der Waals surface area contributed by atoms with Crippen LogP contribution in [0, 0.1) is 0 Å². The van der Waals surface area contributed by atoms with Gasteiger partial charge < -0.3 is 15.6 Å². The van der Waals surface area contributed by atoms with E-state index in [0.29, 0.717) is 36.2 Å². The van der Waals surface area contributed by atoms with E-state index in [0.717, 1.165) is 17.4 Å².